The van der Waals surface area contributed by atoms with E-state index >= 15 is 0 Å². The van der Waals surface area contributed by atoms with Crippen molar-refractivity contribution in [2.75, 3.05) is 26.4 Å². The van der Waals surface area contributed by atoms with Gasteiger partial charge >= 0.3 is 5.97 Å². The second kappa shape index (κ2) is 9.13. The molecular formula is C18H30O6. The lowest BCUT2D eigenvalue weighted by Gasteiger charge is -2.38. The third kappa shape index (κ3) is 5.01. The first kappa shape index (κ1) is 22.5. The maximum Gasteiger partial charge on any atom is 0.314 e. The van der Waals surface area contributed by atoms with E-state index in [1.165, 1.54) is 0 Å². The van der Waals surface area contributed by atoms with Crippen molar-refractivity contribution in [2.45, 2.75) is 33.1 Å². The van der Waals surface area contributed by atoms with Crippen LogP contribution in [0.5, 0.6) is 0 Å². The maximum absolute atomic E-state index is 11.5. The smallest absolute Gasteiger partial charge is 0.314 e. The zero-order chi connectivity index (χ0) is 19.0. The Kier molecular flexibility index (Phi) is 8.57. The zero-order valence-corrected chi connectivity index (χ0v) is 14.9. The Balaban J connectivity index is 0.000000506. The second-order valence-corrected chi connectivity index (χ2v) is 7.18. The quantitative estimate of drug-likeness (QED) is 0.527. The number of carboxylic acid groups (broad SMARTS) is 1. The molecular weight excluding hydrogens is 312 g/mol. The van der Waals surface area contributed by atoms with E-state index in [2.05, 4.69) is 0 Å². The molecule has 0 radical (unpaired) electrons. The summed E-state index contributed by atoms with van der Waals surface area (Å²) in [4.78, 5) is 11.5. The van der Waals surface area contributed by atoms with Gasteiger partial charge in [0.1, 0.15) is 0 Å². The van der Waals surface area contributed by atoms with Gasteiger partial charge in [-0.25, -0.2) is 0 Å². The number of carbonyl (C=O) groups is 1. The first-order valence-corrected chi connectivity index (χ1v) is 7.77. The summed E-state index contributed by atoms with van der Waals surface area (Å²) in [5, 5.41) is 43.4. The molecule has 0 saturated carbocycles. The van der Waals surface area contributed by atoms with E-state index in [0.29, 0.717) is 0 Å². The number of benzene rings is 1. The molecule has 0 aromatic heterocycles. The van der Waals surface area contributed by atoms with Crippen LogP contribution in [0.2, 0.25) is 0 Å². The maximum atomic E-state index is 11.5. The van der Waals surface area contributed by atoms with Gasteiger partial charge < -0.3 is 25.5 Å². The fourth-order valence-electron chi connectivity index (χ4n) is 1.95. The van der Waals surface area contributed by atoms with E-state index in [4.69, 9.17) is 20.4 Å². The van der Waals surface area contributed by atoms with Gasteiger partial charge in [-0.3, -0.25) is 4.79 Å². The van der Waals surface area contributed by atoms with Gasteiger partial charge in [0.2, 0.25) is 0 Å². The summed E-state index contributed by atoms with van der Waals surface area (Å²) >= 11 is 0. The molecule has 1 rings (SSSR count). The van der Waals surface area contributed by atoms with Gasteiger partial charge in [0.25, 0.3) is 0 Å². The van der Waals surface area contributed by atoms with Crippen molar-refractivity contribution in [3.63, 3.8) is 0 Å². The van der Waals surface area contributed by atoms with Crippen LogP contribution in [0.25, 0.3) is 0 Å². The molecule has 1 aromatic carbocycles. The van der Waals surface area contributed by atoms with Gasteiger partial charge in [0, 0.05) is 0 Å². The highest BCUT2D eigenvalue weighted by Crippen LogP contribution is 2.41. The molecule has 0 amide bonds. The fraction of sp³-hybridized carbons (Fsp3) is 0.611. The molecule has 138 valence electrons. The molecule has 0 fully saturated rings. The van der Waals surface area contributed by atoms with Crippen LogP contribution in [0.15, 0.2) is 30.3 Å². The molecule has 24 heavy (non-hydrogen) atoms. The number of aliphatic carboxylic acids is 1. The Morgan fingerprint density at radius 2 is 1.21 bits per heavy atom. The fourth-order valence-corrected chi connectivity index (χ4v) is 1.95. The SMILES string of the molecule is CC(C)(C)C(C)(C(=O)O)c1ccccc1.OCC(CO)(CO)CO. The topological polar surface area (TPSA) is 118 Å². The summed E-state index contributed by atoms with van der Waals surface area (Å²) in [6.45, 7) is 6.01. The molecule has 0 aliphatic rings. The van der Waals surface area contributed by atoms with Gasteiger partial charge in [-0.15, -0.1) is 0 Å². The van der Waals surface area contributed by atoms with Gasteiger partial charge in [0.05, 0.1) is 37.3 Å². The summed E-state index contributed by atoms with van der Waals surface area (Å²) in [6, 6.07) is 9.40. The highest BCUT2D eigenvalue weighted by atomic mass is 16.4. The van der Waals surface area contributed by atoms with E-state index in [-0.39, 0.29) is 5.41 Å². The lowest BCUT2D eigenvalue weighted by atomic mass is 9.64. The minimum absolute atomic E-state index is 0.319. The molecule has 0 bridgehead atoms. The monoisotopic (exact) mass is 342 g/mol. The Morgan fingerprint density at radius 3 is 1.42 bits per heavy atom. The van der Waals surface area contributed by atoms with Crippen molar-refractivity contribution in [3.05, 3.63) is 35.9 Å². The molecule has 0 saturated heterocycles. The van der Waals surface area contributed by atoms with E-state index in [1.807, 2.05) is 51.1 Å². The van der Waals surface area contributed by atoms with E-state index in [9.17, 15) is 9.90 Å². The van der Waals surface area contributed by atoms with Crippen molar-refractivity contribution in [1.82, 2.24) is 0 Å². The zero-order valence-electron chi connectivity index (χ0n) is 14.9. The van der Waals surface area contributed by atoms with Crippen molar-refractivity contribution < 1.29 is 30.3 Å². The number of aliphatic hydroxyl groups is 4. The van der Waals surface area contributed by atoms with Crippen molar-refractivity contribution in [2.24, 2.45) is 10.8 Å². The number of hydrogen-bond acceptors (Lipinski definition) is 5. The Morgan fingerprint density at radius 1 is 0.833 bits per heavy atom. The van der Waals surface area contributed by atoms with Gasteiger partial charge in [-0.05, 0) is 17.9 Å². The van der Waals surface area contributed by atoms with Crippen LogP contribution in [0.1, 0.15) is 33.3 Å². The summed E-state index contributed by atoms with van der Waals surface area (Å²) in [5.74, 6) is -0.777. The minimum Gasteiger partial charge on any atom is -0.481 e. The van der Waals surface area contributed by atoms with Crippen LogP contribution in [-0.4, -0.2) is 57.9 Å². The van der Waals surface area contributed by atoms with Gasteiger partial charge in [0.15, 0.2) is 0 Å². The van der Waals surface area contributed by atoms with Crippen LogP contribution in [0.3, 0.4) is 0 Å². The minimum atomic E-state index is -1.11. The first-order valence-electron chi connectivity index (χ1n) is 7.77. The molecule has 0 aliphatic heterocycles. The van der Waals surface area contributed by atoms with Gasteiger partial charge in [-0.1, -0.05) is 51.1 Å². The predicted octanol–water partition coefficient (Wildman–Crippen LogP) is 1.02. The first-order chi connectivity index (χ1) is 11.0. The Hall–Kier alpha value is -1.47. The third-order valence-corrected chi connectivity index (χ3v) is 4.62. The van der Waals surface area contributed by atoms with Crippen LogP contribution >= 0.6 is 0 Å². The van der Waals surface area contributed by atoms with Crippen LogP contribution < -0.4 is 0 Å². The number of hydrogen-bond donors (Lipinski definition) is 5. The largest absolute Gasteiger partial charge is 0.481 e. The van der Waals surface area contributed by atoms with Crippen LogP contribution in [-0.2, 0) is 10.2 Å². The summed E-state index contributed by atoms with van der Waals surface area (Å²) in [6.07, 6.45) is 0. The lowest BCUT2D eigenvalue weighted by molar-refractivity contribution is -0.147. The Bertz CT molecular complexity index is 472. The second-order valence-electron chi connectivity index (χ2n) is 7.18. The molecule has 1 aromatic rings. The molecule has 0 spiro atoms. The van der Waals surface area contributed by atoms with Gasteiger partial charge in [-0.2, -0.15) is 0 Å². The lowest BCUT2D eigenvalue weighted by Crippen LogP contribution is -2.44. The number of carboxylic acids is 1. The van der Waals surface area contributed by atoms with E-state index in [1.54, 1.807) is 6.92 Å². The Labute approximate surface area is 143 Å². The highest BCUT2D eigenvalue weighted by Gasteiger charge is 2.45. The van der Waals surface area contributed by atoms with E-state index in [0.717, 1.165) is 5.56 Å². The van der Waals surface area contributed by atoms with E-state index < -0.39 is 43.2 Å². The van der Waals surface area contributed by atoms with Crippen molar-refractivity contribution >= 4 is 5.97 Å². The molecule has 1 unspecified atom stereocenters. The average Bonchev–Trinajstić information content (AvgIpc) is 2.57. The van der Waals surface area contributed by atoms with Crippen molar-refractivity contribution in [1.29, 1.82) is 0 Å². The van der Waals surface area contributed by atoms with Crippen molar-refractivity contribution in [3.8, 4) is 0 Å². The molecule has 5 N–H and O–H groups in total. The molecule has 6 nitrogen and oxygen atoms in total. The molecule has 1 atom stereocenters. The summed E-state index contributed by atoms with van der Waals surface area (Å²) in [5.41, 5.74) is -1.43. The normalized spacial score (nSPS) is 14.3. The standard InChI is InChI=1S/C13H18O2.C5H12O4/c1-12(2,3)13(4,11(14)15)10-8-6-5-7-9-10;6-1-5(2-7,3-8)4-9/h5-9H,1-4H3,(H,14,15);6-9H,1-4H2. The predicted molar refractivity (Wildman–Crippen MR) is 91.7 cm³/mol. The average molecular weight is 342 g/mol. The highest BCUT2D eigenvalue weighted by molar-refractivity contribution is 5.82. The molecule has 6 heteroatoms. The number of aliphatic hydroxyl groups excluding tert-OH is 4. The van der Waals surface area contributed by atoms with Crippen LogP contribution in [0, 0.1) is 10.8 Å². The van der Waals surface area contributed by atoms with Crippen LogP contribution in [0.4, 0.5) is 0 Å². The molecule has 0 aliphatic carbocycles. The number of rotatable bonds is 6. The third-order valence-electron chi connectivity index (χ3n) is 4.62. The summed E-state index contributed by atoms with van der Waals surface area (Å²) < 4.78 is 0. The molecule has 0 heterocycles. The summed E-state index contributed by atoms with van der Waals surface area (Å²) in [7, 11) is 0.